The summed E-state index contributed by atoms with van der Waals surface area (Å²) in [6, 6.07) is 15.8. The Balaban J connectivity index is 0.000000189. The van der Waals surface area contributed by atoms with Crippen LogP contribution in [0, 0.1) is 0 Å². The van der Waals surface area contributed by atoms with E-state index < -0.39 is 5.97 Å². The topological polar surface area (TPSA) is 237 Å². The van der Waals surface area contributed by atoms with Crippen LogP contribution in [0.1, 0.15) is 69.2 Å². The van der Waals surface area contributed by atoms with Gasteiger partial charge >= 0.3 is 17.9 Å². The second-order valence-corrected chi connectivity index (χ2v) is 14.8. The van der Waals surface area contributed by atoms with Crippen LogP contribution in [0.2, 0.25) is 0 Å². The van der Waals surface area contributed by atoms with Crippen molar-refractivity contribution in [3.63, 3.8) is 0 Å². The van der Waals surface area contributed by atoms with E-state index in [1.165, 1.54) is 20.3 Å². The van der Waals surface area contributed by atoms with Gasteiger partial charge in [-0.25, -0.2) is 24.7 Å². The molecule has 6 N–H and O–H groups in total. The quantitative estimate of drug-likeness (QED) is 0.0424. The lowest BCUT2D eigenvalue weighted by molar-refractivity contribution is -0.140. The number of fused-ring (bicyclic) bond motifs is 4. The lowest BCUT2D eigenvalue weighted by Gasteiger charge is -2.18. The molecular formula is C50H62N10O7. The van der Waals surface area contributed by atoms with Crippen LogP contribution in [0.15, 0.2) is 104 Å². The number of pyridine rings is 4. The first-order valence-electron chi connectivity index (χ1n) is 22.2. The van der Waals surface area contributed by atoms with Gasteiger partial charge in [0.2, 0.25) is 5.91 Å². The van der Waals surface area contributed by atoms with E-state index in [0.29, 0.717) is 25.7 Å². The predicted octanol–water partition coefficient (Wildman–Crippen LogP) is 7.98. The number of aliphatic carboxylic acids is 1. The minimum Gasteiger partial charge on any atom is -0.481 e. The maximum atomic E-state index is 11.9. The number of hydrogen-bond acceptors (Lipinski definition) is 11. The fraction of sp³-hybridized carbons (Fsp3) is 0.320. The number of carboxylic acids is 1. The number of methoxy groups -OCH3 is 2. The average Bonchev–Trinajstić information content (AvgIpc) is 4.20. The van der Waals surface area contributed by atoms with Gasteiger partial charge in [0, 0.05) is 110 Å². The number of ether oxygens (including phenoxy) is 2. The van der Waals surface area contributed by atoms with Crippen LogP contribution in [-0.2, 0) is 47.9 Å². The molecular weight excluding hydrogens is 853 g/mol. The van der Waals surface area contributed by atoms with E-state index in [2.05, 4.69) is 74.6 Å². The maximum Gasteiger partial charge on any atom is 0.330 e. The molecule has 8 aromatic heterocycles. The Morgan fingerprint density at radius 1 is 0.597 bits per heavy atom. The molecule has 17 nitrogen and oxygen atoms in total. The fourth-order valence-corrected chi connectivity index (χ4v) is 6.48. The number of carboxylic acid groups (broad SMARTS) is 1. The van der Waals surface area contributed by atoms with Crippen molar-refractivity contribution in [2.45, 2.75) is 66.2 Å². The molecule has 67 heavy (non-hydrogen) atoms. The number of aromatic amines is 4. The van der Waals surface area contributed by atoms with Gasteiger partial charge in [0.25, 0.3) is 0 Å². The summed E-state index contributed by atoms with van der Waals surface area (Å²) in [6.45, 7) is 12.0. The van der Waals surface area contributed by atoms with E-state index in [4.69, 9.17) is 5.11 Å². The summed E-state index contributed by atoms with van der Waals surface area (Å²) < 4.78 is 9.07. The summed E-state index contributed by atoms with van der Waals surface area (Å²) in [6.07, 6.45) is 20.5. The third kappa shape index (κ3) is 17.7. The molecule has 0 saturated heterocycles. The van der Waals surface area contributed by atoms with E-state index in [0.717, 1.165) is 99.0 Å². The maximum absolute atomic E-state index is 11.9. The molecule has 8 heterocycles. The van der Waals surface area contributed by atoms with Crippen LogP contribution < -0.4 is 5.32 Å². The number of carbonyl (C=O) groups is 4. The van der Waals surface area contributed by atoms with Crippen LogP contribution >= 0.6 is 0 Å². The zero-order valence-electron chi connectivity index (χ0n) is 39.1. The molecule has 0 saturated carbocycles. The summed E-state index contributed by atoms with van der Waals surface area (Å²) >= 11 is 0. The summed E-state index contributed by atoms with van der Waals surface area (Å²) in [5.74, 6) is -1.12. The van der Waals surface area contributed by atoms with Gasteiger partial charge in [-0.1, -0.05) is 13.8 Å². The number of aryl methyl sites for hydroxylation is 3. The summed E-state index contributed by atoms with van der Waals surface area (Å²) in [5, 5.41) is 15.8. The van der Waals surface area contributed by atoms with Crippen LogP contribution in [-0.4, -0.2) is 114 Å². The van der Waals surface area contributed by atoms with Crippen molar-refractivity contribution >= 4 is 74.0 Å². The smallest absolute Gasteiger partial charge is 0.330 e. The van der Waals surface area contributed by atoms with Gasteiger partial charge in [0.1, 0.15) is 22.6 Å². The first-order chi connectivity index (χ1) is 32.5. The average molecular weight is 915 g/mol. The number of nitrogens with zero attached hydrogens (tertiary/aromatic N) is 5. The molecule has 0 aliphatic heterocycles. The third-order valence-electron chi connectivity index (χ3n) is 10.1. The lowest BCUT2D eigenvalue weighted by Crippen LogP contribution is -2.30. The van der Waals surface area contributed by atoms with Crippen molar-refractivity contribution in [1.29, 1.82) is 0 Å². The van der Waals surface area contributed by atoms with Gasteiger partial charge in [0.15, 0.2) is 0 Å². The molecule has 17 heteroatoms. The van der Waals surface area contributed by atoms with E-state index in [9.17, 15) is 19.2 Å². The molecule has 0 aliphatic rings. The standard InChI is InChI=1S/C14H19N3O.C11H12N2O2.C11H10N2O2.C10H10N2O2.C4H11N/c1-3-17(4-2)13(18)6-5-11-9-12-7-8-15-14(12)16-10-11;2*1-15-10(14)3-2-8-6-9-4-5-12-11(9)13-7-8;13-9(14)2-1-7-5-8-3-4-11-10(8)12-6-7;1-3-5-4-2/h7-10H,3-6H2,1-2H3,(H,15,16);4-7H,2-3H2,1H3,(H,12,13);2-7H,1H3,(H,12,13);3-6H,1-2H2,(H,11,12)(H,13,14);5H,3-4H2,1-2H3/b;;3-2+;;. The summed E-state index contributed by atoms with van der Waals surface area (Å²) in [4.78, 5) is 74.9. The number of nitrogens with one attached hydrogen (secondary N) is 5. The van der Waals surface area contributed by atoms with Crippen molar-refractivity contribution in [3.8, 4) is 0 Å². The Morgan fingerprint density at radius 2 is 1.01 bits per heavy atom. The van der Waals surface area contributed by atoms with Gasteiger partial charge in [-0.15, -0.1) is 0 Å². The number of H-pyrrole nitrogens is 4. The molecule has 8 aromatic rings. The zero-order chi connectivity index (χ0) is 48.4. The Labute approximate surface area is 389 Å². The van der Waals surface area contributed by atoms with Gasteiger partial charge in [-0.05, 0) is 123 Å². The predicted molar refractivity (Wildman–Crippen MR) is 262 cm³/mol. The largest absolute Gasteiger partial charge is 0.481 e. The number of hydrogen-bond donors (Lipinski definition) is 6. The van der Waals surface area contributed by atoms with Crippen molar-refractivity contribution in [1.82, 2.24) is 50.1 Å². The van der Waals surface area contributed by atoms with Gasteiger partial charge in [-0.2, -0.15) is 0 Å². The van der Waals surface area contributed by atoms with Gasteiger partial charge in [-0.3, -0.25) is 14.4 Å². The highest BCUT2D eigenvalue weighted by Gasteiger charge is 2.10. The highest BCUT2D eigenvalue weighted by atomic mass is 16.5. The van der Waals surface area contributed by atoms with Crippen LogP contribution in [0.3, 0.4) is 0 Å². The first-order valence-corrected chi connectivity index (χ1v) is 22.2. The van der Waals surface area contributed by atoms with E-state index in [1.807, 2.05) is 92.2 Å². The molecule has 0 unspecified atom stereocenters. The highest BCUT2D eigenvalue weighted by Crippen LogP contribution is 2.16. The lowest BCUT2D eigenvalue weighted by atomic mass is 10.1. The Bertz CT molecular complexity index is 2780. The first kappa shape index (κ1) is 52.0. The Morgan fingerprint density at radius 3 is 1.40 bits per heavy atom. The number of carbonyl (C=O) groups excluding carboxylic acids is 3. The molecule has 354 valence electrons. The molecule has 1 amide bonds. The second kappa shape index (κ2) is 28.3. The molecule has 8 rings (SSSR count). The normalized spacial score (nSPS) is 10.5. The Kier molecular flexibility index (Phi) is 21.9. The van der Waals surface area contributed by atoms with Crippen molar-refractivity contribution in [3.05, 3.63) is 126 Å². The summed E-state index contributed by atoms with van der Waals surface area (Å²) in [7, 11) is 2.75. The Hall–Kier alpha value is -7.66. The van der Waals surface area contributed by atoms with E-state index in [1.54, 1.807) is 24.7 Å². The molecule has 0 aromatic carbocycles. The van der Waals surface area contributed by atoms with Crippen molar-refractivity contribution < 1.29 is 33.8 Å². The van der Waals surface area contributed by atoms with E-state index >= 15 is 0 Å². The van der Waals surface area contributed by atoms with Crippen LogP contribution in [0.4, 0.5) is 0 Å². The molecule has 0 aliphatic carbocycles. The number of amides is 1. The minimum absolute atomic E-state index is 0.150. The van der Waals surface area contributed by atoms with Crippen molar-refractivity contribution in [2.24, 2.45) is 0 Å². The monoisotopic (exact) mass is 914 g/mol. The number of aromatic nitrogens is 8. The number of esters is 2. The zero-order valence-corrected chi connectivity index (χ0v) is 39.1. The molecule has 0 radical (unpaired) electrons. The third-order valence-corrected chi connectivity index (χ3v) is 10.1. The van der Waals surface area contributed by atoms with Crippen LogP contribution in [0.25, 0.3) is 50.2 Å². The minimum atomic E-state index is -0.779. The molecule has 0 bridgehead atoms. The van der Waals surface area contributed by atoms with E-state index in [-0.39, 0.29) is 24.3 Å². The van der Waals surface area contributed by atoms with Crippen molar-refractivity contribution in [2.75, 3.05) is 40.4 Å². The summed E-state index contributed by atoms with van der Waals surface area (Å²) in [5.41, 5.74) is 7.43. The highest BCUT2D eigenvalue weighted by molar-refractivity contribution is 5.88. The van der Waals surface area contributed by atoms with Crippen LogP contribution in [0.5, 0.6) is 0 Å². The second-order valence-electron chi connectivity index (χ2n) is 14.8. The molecule has 0 spiro atoms. The van der Waals surface area contributed by atoms with Gasteiger partial charge in [0.05, 0.1) is 14.2 Å². The number of rotatable bonds is 15. The fourth-order valence-electron chi connectivity index (χ4n) is 6.48. The van der Waals surface area contributed by atoms with Gasteiger partial charge < -0.3 is 44.7 Å². The molecule has 0 fully saturated rings. The SMILES string of the molecule is CCN(CC)C(=O)CCc1cnc2[nH]ccc2c1.CCNCC.COC(=O)/C=C/c1cnc2[nH]ccc2c1.COC(=O)CCc1cnc2[nH]ccc2c1.O=C(O)CCc1cnc2[nH]ccc2c1. The molecule has 0 atom stereocenters.